The molecule has 0 bridgehead atoms. The van der Waals surface area contributed by atoms with Crippen LogP contribution in [0.3, 0.4) is 0 Å². The molecule has 30 heavy (non-hydrogen) atoms. The molecule has 0 aromatic heterocycles. The summed E-state index contributed by atoms with van der Waals surface area (Å²) in [7, 11) is 2.06. The lowest BCUT2D eigenvalue weighted by atomic mass is 9.85. The number of aryl methyl sites for hydroxylation is 1. The summed E-state index contributed by atoms with van der Waals surface area (Å²) in [5.74, 6) is 0.0171. The van der Waals surface area contributed by atoms with Crippen molar-refractivity contribution in [3.05, 3.63) is 71.3 Å². The van der Waals surface area contributed by atoms with Gasteiger partial charge in [0.15, 0.2) is 0 Å². The average Bonchev–Trinajstić information content (AvgIpc) is 3.18. The van der Waals surface area contributed by atoms with Gasteiger partial charge in [0.2, 0.25) is 11.8 Å². The number of likely N-dealkylation sites (tertiary alicyclic amines) is 1. The maximum atomic E-state index is 13.0. The Hall–Kier alpha value is -2.64. The molecule has 1 fully saturated rings. The maximum absolute atomic E-state index is 13.0. The lowest BCUT2D eigenvalue weighted by Crippen LogP contribution is -2.51. The highest BCUT2D eigenvalue weighted by atomic mass is 16.2. The van der Waals surface area contributed by atoms with E-state index in [1.54, 1.807) is 4.90 Å². The molecule has 1 heterocycles. The fourth-order valence-electron chi connectivity index (χ4n) is 3.94. The van der Waals surface area contributed by atoms with Gasteiger partial charge in [0.1, 0.15) is 13.9 Å². The van der Waals surface area contributed by atoms with Crippen LogP contribution in [-0.4, -0.2) is 43.2 Å². The van der Waals surface area contributed by atoms with Crippen molar-refractivity contribution in [2.24, 2.45) is 11.5 Å². The van der Waals surface area contributed by atoms with E-state index in [2.05, 4.69) is 13.2 Å². The Morgan fingerprint density at radius 3 is 2.40 bits per heavy atom. The van der Waals surface area contributed by atoms with Crippen LogP contribution in [-0.2, 0) is 29.1 Å². The molecular formula is C23H31BN4O2. The molecule has 6 nitrogen and oxygen atoms in total. The molecule has 0 aliphatic carbocycles. The van der Waals surface area contributed by atoms with Gasteiger partial charge in [-0.15, -0.1) is 0 Å². The third-order valence-electron chi connectivity index (χ3n) is 5.73. The van der Waals surface area contributed by atoms with Gasteiger partial charge in [-0.1, -0.05) is 54.6 Å². The molecule has 2 aromatic rings. The molecule has 3 rings (SSSR count). The van der Waals surface area contributed by atoms with Crippen molar-refractivity contribution in [3.8, 4) is 0 Å². The summed E-state index contributed by atoms with van der Waals surface area (Å²) in [5, 5.41) is 2.98. The molecule has 3 atom stereocenters. The third kappa shape index (κ3) is 5.71. The number of hydrogen-bond donors (Lipinski definition) is 3. The smallest absolute Gasteiger partial charge is 0.243 e. The van der Waals surface area contributed by atoms with Gasteiger partial charge in [0.05, 0.1) is 6.04 Å². The van der Waals surface area contributed by atoms with Crippen molar-refractivity contribution in [1.29, 1.82) is 0 Å². The zero-order valence-corrected chi connectivity index (χ0v) is 17.6. The highest BCUT2D eigenvalue weighted by molar-refractivity contribution is 6.13. The van der Waals surface area contributed by atoms with Crippen molar-refractivity contribution < 1.29 is 9.59 Å². The van der Waals surface area contributed by atoms with Crippen molar-refractivity contribution in [3.63, 3.8) is 0 Å². The minimum atomic E-state index is -0.602. The Morgan fingerprint density at radius 1 is 1.07 bits per heavy atom. The Balaban J connectivity index is 1.56. The fraction of sp³-hybridized carbons (Fsp3) is 0.391. The van der Waals surface area contributed by atoms with Gasteiger partial charge in [-0.25, -0.2) is 0 Å². The molecule has 7 heteroatoms. The van der Waals surface area contributed by atoms with E-state index in [0.29, 0.717) is 32.5 Å². The fourth-order valence-corrected chi connectivity index (χ4v) is 3.94. The molecule has 0 saturated carbocycles. The first-order valence-electron chi connectivity index (χ1n) is 10.6. The number of amides is 2. The first kappa shape index (κ1) is 22.1. The highest BCUT2D eigenvalue weighted by Gasteiger charge is 2.39. The Morgan fingerprint density at radius 2 is 1.73 bits per heavy atom. The van der Waals surface area contributed by atoms with Crippen LogP contribution in [0.4, 0.5) is 0 Å². The number of carbonyl (C=O) groups is 2. The van der Waals surface area contributed by atoms with Crippen LogP contribution in [0.2, 0.25) is 5.82 Å². The largest absolute Gasteiger partial charge is 0.350 e. The molecule has 2 aromatic carbocycles. The zero-order valence-electron chi connectivity index (χ0n) is 17.6. The van der Waals surface area contributed by atoms with Crippen molar-refractivity contribution >= 4 is 19.7 Å². The van der Waals surface area contributed by atoms with Gasteiger partial charge in [-0.3, -0.25) is 9.59 Å². The van der Waals surface area contributed by atoms with E-state index >= 15 is 0 Å². The summed E-state index contributed by atoms with van der Waals surface area (Å²) in [6, 6.07) is 16.8. The summed E-state index contributed by atoms with van der Waals surface area (Å²) in [5.41, 5.74) is 15.0. The molecule has 5 N–H and O–H groups in total. The van der Waals surface area contributed by atoms with E-state index in [1.807, 2.05) is 54.6 Å². The minimum Gasteiger partial charge on any atom is -0.350 e. The van der Waals surface area contributed by atoms with E-state index in [1.165, 1.54) is 0 Å². The molecule has 2 amide bonds. The molecular weight excluding hydrogens is 375 g/mol. The lowest BCUT2D eigenvalue weighted by molar-refractivity contribution is -0.139. The molecule has 1 saturated heterocycles. The summed E-state index contributed by atoms with van der Waals surface area (Å²) in [6.45, 7) is 1.49. The Kier molecular flexibility index (Phi) is 7.66. The van der Waals surface area contributed by atoms with Gasteiger partial charge >= 0.3 is 0 Å². The summed E-state index contributed by atoms with van der Waals surface area (Å²) < 4.78 is 0. The maximum Gasteiger partial charge on any atom is 0.243 e. The summed E-state index contributed by atoms with van der Waals surface area (Å²) >= 11 is 0. The lowest BCUT2D eigenvalue weighted by Gasteiger charge is -2.27. The van der Waals surface area contributed by atoms with Gasteiger partial charge in [-0.05, 0) is 41.8 Å². The van der Waals surface area contributed by atoms with Crippen molar-refractivity contribution in [1.82, 2.24) is 10.2 Å². The van der Waals surface area contributed by atoms with E-state index in [9.17, 15) is 9.59 Å². The number of nitrogens with two attached hydrogens (primary N) is 2. The van der Waals surface area contributed by atoms with E-state index in [-0.39, 0.29) is 17.6 Å². The second-order valence-electron chi connectivity index (χ2n) is 8.22. The normalized spacial score (nSPS) is 19.5. The monoisotopic (exact) mass is 406 g/mol. The Labute approximate surface area is 179 Å². The molecule has 1 unspecified atom stereocenters. The first-order valence-corrected chi connectivity index (χ1v) is 10.6. The molecule has 1 aliphatic rings. The predicted molar refractivity (Wildman–Crippen MR) is 121 cm³/mol. The van der Waals surface area contributed by atoms with Crippen LogP contribution in [0.15, 0.2) is 54.6 Å². The summed E-state index contributed by atoms with van der Waals surface area (Å²) in [4.78, 5) is 27.5. The van der Waals surface area contributed by atoms with Crippen molar-refractivity contribution in [2.45, 2.75) is 50.3 Å². The minimum absolute atomic E-state index is 0.120. The van der Waals surface area contributed by atoms with Crippen LogP contribution in [0.25, 0.3) is 0 Å². The molecule has 0 radical (unpaired) electrons. The number of nitrogens with zero attached hydrogens (tertiary/aromatic N) is 1. The van der Waals surface area contributed by atoms with Crippen LogP contribution in [0.1, 0.15) is 29.5 Å². The number of hydrogen-bond acceptors (Lipinski definition) is 4. The first-order chi connectivity index (χ1) is 14.5. The quantitative estimate of drug-likeness (QED) is 0.563. The average molecular weight is 406 g/mol. The van der Waals surface area contributed by atoms with E-state index < -0.39 is 12.1 Å². The molecule has 158 valence electrons. The van der Waals surface area contributed by atoms with Crippen molar-refractivity contribution in [2.75, 3.05) is 6.54 Å². The Bertz CT molecular complexity index is 844. The number of rotatable bonds is 8. The number of benzene rings is 2. The van der Waals surface area contributed by atoms with Crippen LogP contribution in [0, 0.1) is 0 Å². The van der Waals surface area contributed by atoms with Gasteiger partial charge in [0, 0.05) is 19.6 Å². The zero-order chi connectivity index (χ0) is 21.5. The number of nitrogens with one attached hydrogen (secondary N) is 1. The second-order valence-corrected chi connectivity index (χ2v) is 8.22. The number of carbonyl (C=O) groups excluding carboxylic acids is 2. The SMILES string of the molecule is BC1C[C@@H](C(=O)NCc2ccc(CN)cc2)N(C(=O)[C@H](N)CCc2ccccc2)C1. The van der Waals surface area contributed by atoms with Gasteiger partial charge < -0.3 is 21.7 Å². The van der Waals surface area contributed by atoms with Gasteiger partial charge in [0.25, 0.3) is 0 Å². The van der Waals surface area contributed by atoms with Crippen LogP contribution in [0.5, 0.6) is 0 Å². The molecule has 1 aliphatic heterocycles. The van der Waals surface area contributed by atoms with Crippen LogP contribution >= 0.6 is 0 Å². The van der Waals surface area contributed by atoms with E-state index in [4.69, 9.17) is 11.5 Å². The second kappa shape index (κ2) is 10.4. The standard InChI is InChI=1S/C23H31BN4O2/c24-19-12-21(22(29)27-14-18-8-6-17(13-25)7-9-18)28(15-19)23(30)20(26)11-10-16-4-2-1-3-5-16/h1-9,19-21H,10-15,24-26H2,(H,27,29)/t19?,20-,21+/m1/s1. The van der Waals surface area contributed by atoms with Gasteiger partial charge in [-0.2, -0.15) is 0 Å². The van der Waals surface area contributed by atoms with E-state index in [0.717, 1.165) is 23.1 Å². The predicted octanol–water partition coefficient (Wildman–Crippen LogP) is 0.744. The highest BCUT2D eigenvalue weighted by Crippen LogP contribution is 2.26. The third-order valence-corrected chi connectivity index (χ3v) is 5.73. The topological polar surface area (TPSA) is 101 Å². The van der Waals surface area contributed by atoms with Crippen LogP contribution < -0.4 is 16.8 Å². The molecule has 0 spiro atoms. The summed E-state index contributed by atoms with van der Waals surface area (Å²) in [6.07, 6.45) is 1.97.